The third-order valence-electron chi connectivity index (χ3n) is 1.96. The molecule has 1 heterocycles. The molecule has 0 aliphatic carbocycles. The number of para-hydroxylation sites is 1. The molecular formula is C9H10N2O2. The highest BCUT2D eigenvalue weighted by Gasteiger charge is 2.04. The predicted octanol–water partition coefficient (Wildman–Crippen LogP) is 0.622. The van der Waals surface area contributed by atoms with Crippen LogP contribution in [0.25, 0.3) is 11.1 Å². The molecule has 0 unspecified atom stereocenters. The Hall–Kier alpha value is -1.55. The molecule has 0 aliphatic heterocycles. The van der Waals surface area contributed by atoms with Gasteiger partial charge in [-0.1, -0.05) is 12.1 Å². The molecule has 1 aromatic carbocycles. The Balaban J connectivity index is 2.67. The molecule has 4 nitrogen and oxygen atoms in total. The Bertz CT molecular complexity index is 470. The fraction of sp³-hybridized carbons (Fsp3) is 0.222. The Labute approximate surface area is 74.4 Å². The number of aromatic amines is 1. The lowest BCUT2D eigenvalue weighted by Crippen LogP contribution is -2.03. The third kappa shape index (κ3) is 1.36. The summed E-state index contributed by atoms with van der Waals surface area (Å²) in [5.41, 5.74) is 7.81. The molecule has 0 spiro atoms. The lowest BCUT2D eigenvalue weighted by Gasteiger charge is -1.97. The number of benzene rings is 1. The number of rotatable bonds is 2. The zero-order valence-electron chi connectivity index (χ0n) is 7.04. The molecule has 0 saturated heterocycles. The van der Waals surface area contributed by atoms with Crippen LogP contribution in [0.1, 0.15) is 5.56 Å². The maximum atomic E-state index is 10.9. The summed E-state index contributed by atoms with van der Waals surface area (Å²) in [6, 6.07) is 5.54. The first-order valence-corrected chi connectivity index (χ1v) is 4.12. The zero-order valence-corrected chi connectivity index (χ0v) is 7.04. The number of hydrogen-bond donors (Lipinski definition) is 2. The highest BCUT2D eigenvalue weighted by Crippen LogP contribution is 2.14. The van der Waals surface area contributed by atoms with Gasteiger partial charge in [-0.05, 0) is 24.6 Å². The van der Waals surface area contributed by atoms with E-state index in [9.17, 15) is 4.79 Å². The maximum Gasteiger partial charge on any atom is 0.417 e. The van der Waals surface area contributed by atoms with E-state index in [1.165, 1.54) is 0 Å². The Morgan fingerprint density at radius 3 is 3.08 bits per heavy atom. The van der Waals surface area contributed by atoms with Gasteiger partial charge in [-0.25, -0.2) is 4.79 Å². The second-order valence-corrected chi connectivity index (χ2v) is 2.84. The number of fused-ring (bicyclic) bond motifs is 1. The lowest BCUT2D eigenvalue weighted by atomic mass is 10.1. The van der Waals surface area contributed by atoms with Crippen LogP contribution in [-0.4, -0.2) is 11.5 Å². The van der Waals surface area contributed by atoms with E-state index in [0.29, 0.717) is 12.1 Å². The summed E-state index contributed by atoms with van der Waals surface area (Å²) in [5.74, 6) is -0.417. The Morgan fingerprint density at radius 2 is 2.31 bits per heavy atom. The second-order valence-electron chi connectivity index (χ2n) is 2.84. The third-order valence-corrected chi connectivity index (χ3v) is 1.96. The van der Waals surface area contributed by atoms with Crippen molar-refractivity contribution in [3.63, 3.8) is 0 Å². The molecular weight excluding hydrogens is 168 g/mol. The van der Waals surface area contributed by atoms with Crippen LogP contribution in [0.5, 0.6) is 0 Å². The van der Waals surface area contributed by atoms with Gasteiger partial charge in [0.1, 0.15) is 0 Å². The molecule has 2 aromatic rings. The molecule has 4 heteroatoms. The van der Waals surface area contributed by atoms with E-state index in [2.05, 4.69) is 4.98 Å². The van der Waals surface area contributed by atoms with Crippen molar-refractivity contribution in [1.82, 2.24) is 4.98 Å². The van der Waals surface area contributed by atoms with E-state index < -0.39 is 5.76 Å². The van der Waals surface area contributed by atoms with Crippen LogP contribution < -0.4 is 11.5 Å². The molecule has 0 fully saturated rings. The van der Waals surface area contributed by atoms with Gasteiger partial charge in [0, 0.05) is 0 Å². The van der Waals surface area contributed by atoms with E-state index in [0.717, 1.165) is 17.5 Å². The number of hydrogen-bond acceptors (Lipinski definition) is 3. The van der Waals surface area contributed by atoms with Crippen LogP contribution in [0.3, 0.4) is 0 Å². The van der Waals surface area contributed by atoms with E-state index in [4.69, 9.17) is 10.2 Å². The fourth-order valence-corrected chi connectivity index (χ4v) is 1.39. The van der Waals surface area contributed by atoms with Crippen molar-refractivity contribution < 1.29 is 4.42 Å². The van der Waals surface area contributed by atoms with Crippen molar-refractivity contribution in [1.29, 1.82) is 0 Å². The zero-order chi connectivity index (χ0) is 9.26. The van der Waals surface area contributed by atoms with Crippen LogP contribution in [0, 0.1) is 0 Å². The van der Waals surface area contributed by atoms with Gasteiger partial charge in [-0.3, -0.25) is 4.98 Å². The van der Waals surface area contributed by atoms with Crippen molar-refractivity contribution >= 4 is 11.1 Å². The van der Waals surface area contributed by atoms with Crippen molar-refractivity contribution in [2.24, 2.45) is 5.73 Å². The van der Waals surface area contributed by atoms with Crippen LogP contribution in [0.4, 0.5) is 0 Å². The molecule has 0 amide bonds. The number of nitrogens with one attached hydrogen (secondary N) is 1. The quantitative estimate of drug-likeness (QED) is 0.708. The first-order valence-electron chi connectivity index (χ1n) is 4.12. The van der Waals surface area contributed by atoms with Crippen LogP contribution in [0.15, 0.2) is 27.4 Å². The summed E-state index contributed by atoms with van der Waals surface area (Å²) in [5, 5.41) is 0. The molecule has 2 rings (SSSR count). The Morgan fingerprint density at radius 1 is 1.46 bits per heavy atom. The van der Waals surface area contributed by atoms with Crippen molar-refractivity contribution in [3.8, 4) is 0 Å². The van der Waals surface area contributed by atoms with Gasteiger partial charge < -0.3 is 10.2 Å². The minimum absolute atomic E-state index is 0.417. The minimum Gasteiger partial charge on any atom is -0.408 e. The van der Waals surface area contributed by atoms with Crippen molar-refractivity contribution in [3.05, 3.63) is 34.3 Å². The summed E-state index contributed by atoms with van der Waals surface area (Å²) in [7, 11) is 0. The van der Waals surface area contributed by atoms with E-state index in [-0.39, 0.29) is 0 Å². The van der Waals surface area contributed by atoms with Gasteiger partial charge in [-0.15, -0.1) is 0 Å². The van der Waals surface area contributed by atoms with Crippen LogP contribution in [-0.2, 0) is 6.42 Å². The molecule has 68 valence electrons. The molecule has 1 aromatic heterocycles. The summed E-state index contributed by atoms with van der Waals surface area (Å²) in [6.07, 6.45) is 0.743. The SMILES string of the molecule is NCCc1cccc2oc(=O)[nH]c12. The molecule has 0 aliphatic rings. The van der Waals surface area contributed by atoms with Gasteiger partial charge in [0.15, 0.2) is 5.58 Å². The van der Waals surface area contributed by atoms with E-state index in [1.807, 2.05) is 12.1 Å². The normalized spacial score (nSPS) is 10.8. The van der Waals surface area contributed by atoms with Gasteiger partial charge in [0.25, 0.3) is 0 Å². The van der Waals surface area contributed by atoms with Crippen molar-refractivity contribution in [2.45, 2.75) is 6.42 Å². The van der Waals surface area contributed by atoms with Crippen molar-refractivity contribution in [2.75, 3.05) is 6.54 Å². The number of nitrogens with two attached hydrogens (primary N) is 1. The number of oxazole rings is 1. The predicted molar refractivity (Wildman–Crippen MR) is 49.6 cm³/mol. The van der Waals surface area contributed by atoms with Gasteiger partial charge in [0.05, 0.1) is 5.52 Å². The smallest absolute Gasteiger partial charge is 0.408 e. The molecule has 0 saturated carbocycles. The molecule has 0 bridgehead atoms. The second kappa shape index (κ2) is 3.06. The van der Waals surface area contributed by atoms with Crippen LogP contribution >= 0.6 is 0 Å². The fourth-order valence-electron chi connectivity index (χ4n) is 1.39. The van der Waals surface area contributed by atoms with Crippen LogP contribution in [0.2, 0.25) is 0 Å². The number of aromatic nitrogens is 1. The standard InChI is InChI=1S/C9H10N2O2/c10-5-4-6-2-1-3-7-8(6)11-9(12)13-7/h1-3H,4-5,10H2,(H,11,12). The van der Waals surface area contributed by atoms with Gasteiger partial charge in [0.2, 0.25) is 0 Å². The summed E-state index contributed by atoms with van der Waals surface area (Å²) >= 11 is 0. The molecule has 3 N–H and O–H groups in total. The summed E-state index contributed by atoms with van der Waals surface area (Å²) in [4.78, 5) is 13.5. The topological polar surface area (TPSA) is 72.0 Å². The average Bonchev–Trinajstić information content (AvgIpc) is 2.47. The summed E-state index contributed by atoms with van der Waals surface area (Å²) < 4.78 is 4.90. The van der Waals surface area contributed by atoms with E-state index in [1.54, 1.807) is 6.07 Å². The highest BCUT2D eigenvalue weighted by atomic mass is 16.4. The largest absolute Gasteiger partial charge is 0.417 e. The minimum atomic E-state index is -0.417. The first-order chi connectivity index (χ1) is 6.31. The number of H-pyrrole nitrogens is 1. The summed E-state index contributed by atoms with van der Waals surface area (Å²) in [6.45, 7) is 0.562. The van der Waals surface area contributed by atoms with E-state index >= 15 is 0 Å². The Kier molecular flexibility index (Phi) is 1.90. The van der Waals surface area contributed by atoms with Gasteiger partial charge >= 0.3 is 5.76 Å². The lowest BCUT2D eigenvalue weighted by molar-refractivity contribution is 0.555. The molecule has 0 radical (unpaired) electrons. The average molecular weight is 178 g/mol. The van der Waals surface area contributed by atoms with Gasteiger partial charge in [-0.2, -0.15) is 0 Å². The highest BCUT2D eigenvalue weighted by molar-refractivity contribution is 5.75. The molecule has 13 heavy (non-hydrogen) atoms. The monoisotopic (exact) mass is 178 g/mol. The first kappa shape index (κ1) is 8.07. The maximum absolute atomic E-state index is 10.9. The molecule has 0 atom stereocenters.